The number of carbonyl (C=O) groups is 2. The molecule has 2 aromatic heterocycles. The minimum absolute atomic E-state index is 0.181. The zero-order chi connectivity index (χ0) is 19.5. The molecule has 1 amide bonds. The highest BCUT2D eigenvalue weighted by Crippen LogP contribution is 2.36. The van der Waals surface area contributed by atoms with Gasteiger partial charge in [0.1, 0.15) is 5.37 Å². The minimum Gasteiger partial charge on any atom is -0.335 e. The molecular weight excluding hydrogens is 458 g/mol. The van der Waals surface area contributed by atoms with E-state index < -0.39 is 0 Å². The molecule has 2 aromatic carbocycles. The largest absolute Gasteiger partial charge is 0.335 e. The Morgan fingerprint density at radius 1 is 1.18 bits per heavy atom. The van der Waals surface area contributed by atoms with Gasteiger partial charge in [-0.2, -0.15) is 0 Å². The average molecular weight is 472 g/mol. The smallest absolute Gasteiger partial charge is 0.256 e. The number of fused-ring (bicyclic) bond motifs is 1. The van der Waals surface area contributed by atoms with E-state index in [0.717, 1.165) is 25.3 Å². The van der Waals surface area contributed by atoms with Crippen LogP contribution in [0.25, 0.3) is 10.2 Å². The monoisotopic (exact) mass is 471 g/mol. The lowest BCUT2D eigenvalue weighted by molar-refractivity contribution is -0.108. The molecule has 1 atom stereocenters. The molecule has 2 heterocycles. The molecule has 0 aliphatic rings. The number of hydrogen-bond donors (Lipinski definition) is 1. The number of aldehydes is 1. The third-order valence-corrected chi connectivity index (χ3v) is 6.94. The number of rotatable bonds is 6. The first-order chi connectivity index (χ1) is 13.6. The maximum absolute atomic E-state index is 12.5. The number of thioether (sulfide) groups is 1. The molecule has 0 aliphatic heterocycles. The summed E-state index contributed by atoms with van der Waals surface area (Å²) in [4.78, 5) is 28.5. The molecule has 0 saturated heterocycles. The molecule has 4 aromatic rings. The second-order valence-electron chi connectivity index (χ2n) is 5.87. The number of hydrogen-bond acceptors (Lipinski definition) is 5. The van der Waals surface area contributed by atoms with E-state index in [1.165, 1.54) is 23.1 Å². The summed E-state index contributed by atoms with van der Waals surface area (Å²) in [6.07, 6.45) is 4.61. The lowest BCUT2D eigenvalue weighted by Gasteiger charge is -2.09. The van der Waals surface area contributed by atoms with E-state index in [-0.39, 0.29) is 11.3 Å². The van der Waals surface area contributed by atoms with Crippen molar-refractivity contribution in [1.82, 2.24) is 9.55 Å². The van der Waals surface area contributed by atoms with Gasteiger partial charge in [0.25, 0.3) is 5.91 Å². The number of carbonyl (C=O) groups excluding carboxylic acids is 2. The highest BCUT2D eigenvalue weighted by molar-refractivity contribution is 9.10. The Morgan fingerprint density at radius 2 is 1.96 bits per heavy atom. The van der Waals surface area contributed by atoms with Crippen LogP contribution in [-0.2, 0) is 4.79 Å². The SMILES string of the molecule is O=CC(Sc1nc2ccc(NC(=O)c3ccccc3Br)cc2s1)n1cccc1. The number of nitrogens with zero attached hydrogens (tertiary/aromatic N) is 2. The fraction of sp³-hybridized carbons (Fsp3) is 0.0500. The molecule has 0 aliphatic carbocycles. The lowest BCUT2D eigenvalue weighted by atomic mass is 10.2. The number of aromatic nitrogens is 2. The van der Waals surface area contributed by atoms with Gasteiger partial charge in [0.05, 0.1) is 15.8 Å². The number of benzene rings is 2. The maximum atomic E-state index is 12.5. The standard InChI is InChI=1S/C20H14BrN3O2S2/c21-15-6-2-1-5-14(15)19(26)22-13-7-8-16-17(11-13)27-20(23-16)28-18(12-25)24-9-3-4-10-24/h1-12,18H,(H,22,26). The van der Waals surface area contributed by atoms with Crippen LogP contribution in [0.5, 0.6) is 0 Å². The van der Waals surface area contributed by atoms with Crippen molar-refractivity contribution >= 4 is 67.1 Å². The van der Waals surface area contributed by atoms with Crippen molar-refractivity contribution in [2.24, 2.45) is 0 Å². The van der Waals surface area contributed by atoms with E-state index in [1.54, 1.807) is 6.07 Å². The van der Waals surface area contributed by atoms with Crippen molar-refractivity contribution in [3.63, 3.8) is 0 Å². The maximum Gasteiger partial charge on any atom is 0.256 e. The molecule has 28 heavy (non-hydrogen) atoms. The van der Waals surface area contributed by atoms with E-state index in [0.29, 0.717) is 11.3 Å². The van der Waals surface area contributed by atoms with Gasteiger partial charge in [-0.05, 0) is 58.4 Å². The predicted octanol–water partition coefficient (Wildman–Crippen LogP) is 5.60. The summed E-state index contributed by atoms with van der Waals surface area (Å²) < 4.78 is 4.34. The van der Waals surface area contributed by atoms with E-state index in [4.69, 9.17) is 0 Å². The summed E-state index contributed by atoms with van der Waals surface area (Å²) >= 11 is 6.29. The Bertz CT molecular complexity index is 1140. The van der Waals surface area contributed by atoms with Crippen molar-refractivity contribution < 1.29 is 9.59 Å². The first-order valence-corrected chi connectivity index (χ1v) is 10.8. The van der Waals surface area contributed by atoms with Crippen LogP contribution in [0.4, 0.5) is 5.69 Å². The second kappa shape index (κ2) is 8.30. The Labute approximate surface area is 177 Å². The molecule has 8 heteroatoms. The minimum atomic E-state index is -0.356. The lowest BCUT2D eigenvalue weighted by Crippen LogP contribution is -2.12. The van der Waals surface area contributed by atoms with Crippen molar-refractivity contribution in [1.29, 1.82) is 0 Å². The van der Waals surface area contributed by atoms with Gasteiger partial charge < -0.3 is 14.7 Å². The van der Waals surface area contributed by atoms with Gasteiger partial charge in [0, 0.05) is 22.6 Å². The van der Waals surface area contributed by atoms with Crippen LogP contribution < -0.4 is 5.32 Å². The number of nitrogens with one attached hydrogen (secondary N) is 1. The molecule has 0 bridgehead atoms. The normalized spacial score (nSPS) is 12.0. The van der Waals surface area contributed by atoms with Gasteiger partial charge in [-0.1, -0.05) is 23.9 Å². The predicted molar refractivity (Wildman–Crippen MR) is 117 cm³/mol. The van der Waals surface area contributed by atoms with Crippen molar-refractivity contribution in [3.8, 4) is 0 Å². The average Bonchev–Trinajstić information content (AvgIpc) is 3.35. The third-order valence-electron chi connectivity index (χ3n) is 4.00. The molecule has 1 N–H and O–H groups in total. The summed E-state index contributed by atoms with van der Waals surface area (Å²) in [6, 6.07) is 16.7. The Balaban J connectivity index is 1.54. The fourth-order valence-electron chi connectivity index (χ4n) is 2.66. The van der Waals surface area contributed by atoms with Crippen LogP contribution >= 0.6 is 39.0 Å². The number of amides is 1. The molecule has 5 nitrogen and oxygen atoms in total. The Hall–Kier alpha value is -2.42. The molecule has 0 radical (unpaired) electrons. The number of halogens is 1. The summed E-state index contributed by atoms with van der Waals surface area (Å²) in [5, 5.41) is 2.56. The Kier molecular flexibility index (Phi) is 5.61. The first kappa shape index (κ1) is 18.9. The number of anilines is 1. The number of thiazole rings is 1. The summed E-state index contributed by atoms with van der Waals surface area (Å²) in [5.74, 6) is -0.181. The van der Waals surface area contributed by atoms with Crippen LogP contribution in [0.15, 0.2) is 75.8 Å². The van der Waals surface area contributed by atoms with Crippen molar-refractivity contribution in [2.75, 3.05) is 5.32 Å². The van der Waals surface area contributed by atoms with Gasteiger partial charge >= 0.3 is 0 Å². The zero-order valence-corrected chi connectivity index (χ0v) is 17.6. The summed E-state index contributed by atoms with van der Waals surface area (Å²) in [5.41, 5.74) is 2.11. The highest BCUT2D eigenvalue weighted by atomic mass is 79.9. The van der Waals surface area contributed by atoms with Crippen LogP contribution in [0.1, 0.15) is 15.7 Å². The molecule has 140 valence electrons. The quantitative estimate of drug-likeness (QED) is 0.293. The fourth-order valence-corrected chi connectivity index (χ4v) is 5.29. The molecule has 0 saturated carbocycles. The van der Waals surface area contributed by atoms with Crippen molar-refractivity contribution in [3.05, 3.63) is 77.0 Å². The summed E-state index contributed by atoms with van der Waals surface area (Å²) in [7, 11) is 0. The van der Waals surface area contributed by atoms with E-state index in [9.17, 15) is 9.59 Å². The zero-order valence-electron chi connectivity index (χ0n) is 14.4. The third kappa shape index (κ3) is 4.04. The molecular formula is C20H14BrN3O2S2. The van der Waals surface area contributed by atoms with Gasteiger partial charge in [-0.3, -0.25) is 4.79 Å². The molecule has 0 fully saturated rings. The van der Waals surface area contributed by atoms with Gasteiger partial charge in [-0.15, -0.1) is 11.3 Å². The molecule has 1 unspecified atom stereocenters. The van der Waals surface area contributed by atoms with Gasteiger partial charge in [0.2, 0.25) is 0 Å². The van der Waals surface area contributed by atoms with Gasteiger partial charge in [0.15, 0.2) is 10.6 Å². The van der Waals surface area contributed by atoms with E-state index >= 15 is 0 Å². The van der Waals surface area contributed by atoms with Gasteiger partial charge in [-0.25, -0.2) is 4.98 Å². The van der Waals surface area contributed by atoms with Crippen LogP contribution in [0.3, 0.4) is 0 Å². The topological polar surface area (TPSA) is 64.0 Å². The van der Waals surface area contributed by atoms with Crippen molar-refractivity contribution in [2.45, 2.75) is 9.71 Å². The first-order valence-electron chi connectivity index (χ1n) is 8.35. The summed E-state index contributed by atoms with van der Waals surface area (Å²) in [6.45, 7) is 0. The van der Waals surface area contributed by atoms with Crippen LogP contribution in [0, 0.1) is 0 Å². The van der Waals surface area contributed by atoms with E-state index in [1.807, 2.05) is 65.5 Å². The van der Waals surface area contributed by atoms with Crippen LogP contribution in [0.2, 0.25) is 0 Å². The Morgan fingerprint density at radius 3 is 2.71 bits per heavy atom. The van der Waals surface area contributed by atoms with Crippen LogP contribution in [-0.4, -0.2) is 21.7 Å². The highest BCUT2D eigenvalue weighted by Gasteiger charge is 2.15. The second-order valence-corrected chi connectivity index (χ2v) is 9.12. The molecule has 0 spiro atoms. The molecule has 4 rings (SSSR count). The van der Waals surface area contributed by atoms with E-state index in [2.05, 4.69) is 26.2 Å².